The fraction of sp³-hybridized carbons (Fsp3) is 0.667. The summed E-state index contributed by atoms with van der Waals surface area (Å²) in [7, 11) is 1.35. The van der Waals surface area contributed by atoms with Crippen molar-refractivity contribution in [2.75, 3.05) is 51.3 Å². The van der Waals surface area contributed by atoms with Gasteiger partial charge in [0, 0.05) is 58.2 Å². The summed E-state index contributed by atoms with van der Waals surface area (Å²) >= 11 is 0. The highest BCUT2D eigenvalue weighted by Crippen LogP contribution is 2.26. The Kier molecular flexibility index (Phi) is 6.18. The Labute approximate surface area is 171 Å². The Morgan fingerprint density at radius 3 is 2.28 bits per heavy atom. The molecule has 29 heavy (non-hydrogen) atoms. The summed E-state index contributed by atoms with van der Waals surface area (Å²) in [5, 5.41) is 0. The van der Waals surface area contributed by atoms with Gasteiger partial charge in [0.1, 0.15) is 11.8 Å². The average Bonchev–Trinajstić information content (AvgIpc) is 2.73. The van der Waals surface area contributed by atoms with Crippen LogP contribution in [0, 0.1) is 0 Å². The molecule has 1 amide bonds. The average molecular weight is 402 g/mol. The van der Waals surface area contributed by atoms with Crippen LogP contribution in [0.5, 0.6) is 0 Å². The van der Waals surface area contributed by atoms with Crippen LogP contribution in [0.1, 0.15) is 42.6 Å². The normalized spacial score (nSPS) is 21.6. The van der Waals surface area contributed by atoms with Gasteiger partial charge in [-0.15, -0.1) is 0 Å². The van der Waals surface area contributed by atoms with Crippen LogP contribution in [0.25, 0.3) is 0 Å². The molecule has 1 saturated carbocycles. The molecule has 0 unspecified atom stereocenters. The van der Waals surface area contributed by atoms with Crippen molar-refractivity contribution in [2.45, 2.75) is 44.2 Å². The fourth-order valence-electron chi connectivity index (χ4n) is 4.27. The first kappa shape index (κ1) is 19.9. The zero-order chi connectivity index (χ0) is 20.2. The van der Waals surface area contributed by atoms with Gasteiger partial charge in [-0.1, -0.05) is 6.42 Å². The lowest BCUT2D eigenvalue weighted by Crippen LogP contribution is -2.54. The van der Waals surface area contributed by atoms with Gasteiger partial charge >= 0.3 is 12.1 Å². The molecule has 0 bridgehead atoms. The highest BCUT2D eigenvalue weighted by Gasteiger charge is 2.31. The summed E-state index contributed by atoms with van der Waals surface area (Å²) in [6.45, 7) is 5.07. The van der Waals surface area contributed by atoms with E-state index in [0.717, 1.165) is 63.8 Å². The molecular formula is C21H30N4O4. The van der Waals surface area contributed by atoms with E-state index in [-0.39, 0.29) is 12.2 Å². The molecule has 158 valence electrons. The third-order valence-electron chi connectivity index (χ3n) is 6.38. The maximum absolute atomic E-state index is 12.5. The molecule has 0 atom stereocenters. The van der Waals surface area contributed by atoms with E-state index in [1.807, 2.05) is 11.0 Å². The lowest BCUT2D eigenvalue weighted by molar-refractivity contribution is 0.0230. The van der Waals surface area contributed by atoms with Crippen LogP contribution in [-0.4, -0.2) is 85.4 Å². The van der Waals surface area contributed by atoms with Crippen LogP contribution in [0.3, 0.4) is 0 Å². The SMILES string of the molecule is COC(=O)c1ccc(N2CCC(OC(=O)N3CCN(C4CCC4)CC3)CC2)cn1. The predicted molar refractivity (Wildman–Crippen MR) is 108 cm³/mol. The number of methoxy groups -OCH3 is 1. The molecule has 0 spiro atoms. The quantitative estimate of drug-likeness (QED) is 0.714. The van der Waals surface area contributed by atoms with Crippen molar-refractivity contribution in [1.29, 1.82) is 0 Å². The van der Waals surface area contributed by atoms with E-state index < -0.39 is 5.97 Å². The van der Waals surface area contributed by atoms with Crippen LogP contribution in [-0.2, 0) is 9.47 Å². The molecular weight excluding hydrogens is 372 g/mol. The van der Waals surface area contributed by atoms with Gasteiger partial charge in [-0.05, 0) is 25.0 Å². The van der Waals surface area contributed by atoms with E-state index in [2.05, 4.69) is 19.5 Å². The van der Waals surface area contributed by atoms with Crippen LogP contribution < -0.4 is 4.90 Å². The van der Waals surface area contributed by atoms with Crippen LogP contribution in [0.2, 0.25) is 0 Å². The summed E-state index contributed by atoms with van der Waals surface area (Å²) in [5.74, 6) is -0.435. The van der Waals surface area contributed by atoms with E-state index in [9.17, 15) is 9.59 Å². The van der Waals surface area contributed by atoms with Crippen molar-refractivity contribution in [2.24, 2.45) is 0 Å². The third kappa shape index (κ3) is 4.63. The molecule has 4 rings (SSSR count). The molecule has 1 aliphatic carbocycles. The van der Waals surface area contributed by atoms with E-state index in [4.69, 9.17) is 4.74 Å². The minimum absolute atomic E-state index is 0.0364. The van der Waals surface area contributed by atoms with Gasteiger partial charge in [0.05, 0.1) is 19.0 Å². The molecule has 3 fully saturated rings. The standard InChI is InChI=1S/C21H30N4O4/c1-28-20(26)19-6-5-17(15-22-19)23-9-7-18(8-10-23)29-21(27)25-13-11-24(12-14-25)16-3-2-4-16/h5-6,15-16,18H,2-4,7-14H2,1H3. The molecule has 1 aromatic heterocycles. The second-order valence-corrected chi connectivity index (χ2v) is 8.07. The van der Waals surface area contributed by atoms with Crippen LogP contribution in [0.15, 0.2) is 18.3 Å². The molecule has 2 saturated heterocycles. The van der Waals surface area contributed by atoms with Crippen molar-refractivity contribution in [3.8, 4) is 0 Å². The zero-order valence-corrected chi connectivity index (χ0v) is 17.1. The highest BCUT2D eigenvalue weighted by atomic mass is 16.6. The number of hydrogen-bond donors (Lipinski definition) is 0. The van der Waals surface area contributed by atoms with E-state index in [0.29, 0.717) is 5.69 Å². The fourth-order valence-corrected chi connectivity index (χ4v) is 4.27. The summed E-state index contributed by atoms with van der Waals surface area (Å²) in [4.78, 5) is 34.8. The van der Waals surface area contributed by atoms with Gasteiger partial charge in [0.25, 0.3) is 0 Å². The van der Waals surface area contributed by atoms with Gasteiger partial charge in [0.2, 0.25) is 0 Å². The first-order valence-electron chi connectivity index (χ1n) is 10.6. The number of amides is 1. The zero-order valence-electron chi connectivity index (χ0n) is 17.1. The predicted octanol–water partition coefficient (Wildman–Crippen LogP) is 2.14. The van der Waals surface area contributed by atoms with Gasteiger partial charge in [-0.2, -0.15) is 0 Å². The maximum Gasteiger partial charge on any atom is 0.410 e. The molecule has 0 aromatic carbocycles. The number of nitrogens with zero attached hydrogens (tertiary/aromatic N) is 4. The van der Waals surface area contributed by atoms with Crippen molar-refractivity contribution < 1.29 is 19.1 Å². The summed E-state index contributed by atoms with van der Waals surface area (Å²) in [5.41, 5.74) is 1.27. The van der Waals surface area contributed by atoms with E-state index >= 15 is 0 Å². The monoisotopic (exact) mass is 402 g/mol. The number of esters is 1. The minimum atomic E-state index is -0.435. The molecule has 0 radical (unpaired) electrons. The Morgan fingerprint density at radius 1 is 1.00 bits per heavy atom. The smallest absolute Gasteiger partial charge is 0.410 e. The number of pyridine rings is 1. The largest absolute Gasteiger partial charge is 0.464 e. The Bertz CT molecular complexity index is 706. The molecule has 8 nitrogen and oxygen atoms in total. The molecule has 3 aliphatic rings. The van der Waals surface area contributed by atoms with Crippen molar-refractivity contribution in [3.63, 3.8) is 0 Å². The number of piperazine rings is 1. The second kappa shape index (κ2) is 8.98. The van der Waals surface area contributed by atoms with Gasteiger partial charge in [0.15, 0.2) is 0 Å². The number of carbonyl (C=O) groups is 2. The highest BCUT2D eigenvalue weighted by molar-refractivity contribution is 5.87. The lowest BCUT2D eigenvalue weighted by atomic mass is 9.91. The maximum atomic E-state index is 12.5. The Morgan fingerprint density at radius 2 is 1.72 bits per heavy atom. The van der Waals surface area contributed by atoms with Crippen LogP contribution >= 0.6 is 0 Å². The first-order chi connectivity index (χ1) is 14.1. The number of aromatic nitrogens is 1. The van der Waals surface area contributed by atoms with Gasteiger partial charge in [-0.3, -0.25) is 4.90 Å². The first-order valence-corrected chi connectivity index (χ1v) is 10.6. The molecule has 8 heteroatoms. The topological polar surface area (TPSA) is 75.2 Å². The number of hydrogen-bond acceptors (Lipinski definition) is 7. The van der Waals surface area contributed by atoms with Gasteiger partial charge < -0.3 is 19.3 Å². The van der Waals surface area contributed by atoms with E-state index in [1.165, 1.54) is 26.4 Å². The van der Waals surface area contributed by atoms with Gasteiger partial charge in [-0.25, -0.2) is 14.6 Å². The third-order valence-corrected chi connectivity index (χ3v) is 6.38. The Balaban J connectivity index is 1.20. The van der Waals surface area contributed by atoms with Crippen molar-refractivity contribution >= 4 is 17.7 Å². The number of rotatable bonds is 4. The summed E-state index contributed by atoms with van der Waals surface area (Å²) < 4.78 is 10.5. The lowest BCUT2D eigenvalue weighted by Gasteiger charge is -2.43. The number of ether oxygens (including phenoxy) is 2. The van der Waals surface area contributed by atoms with E-state index in [1.54, 1.807) is 12.3 Å². The molecule has 2 aliphatic heterocycles. The molecule has 0 N–H and O–H groups in total. The number of piperidine rings is 1. The molecule has 3 heterocycles. The molecule has 1 aromatic rings. The minimum Gasteiger partial charge on any atom is -0.464 e. The number of carbonyl (C=O) groups excluding carboxylic acids is 2. The second-order valence-electron chi connectivity index (χ2n) is 8.07. The summed E-state index contributed by atoms with van der Waals surface area (Å²) in [6, 6.07) is 4.30. The summed E-state index contributed by atoms with van der Waals surface area (Å²) in [6.07, 6.45) is 7.05. The van der Waals surface area contributed by atoms with Crippen LogP contribution in [0.4, 0.5) is 10.5 Å². The van der Waals surface area contributed by atoms with Crippen molar-refractivity contribution in [3.05, 3.63) is 24.0 Å². The Hall–Kier alpha value is -2.35. The van der Waals surface area contributed by atoms with Crippen molar-refractivity contribution in [1.82, 2.24) is 14.8 Å². The number of anilines is 1.